The minimum atomic E-state index is 0.293. The van der Waals surface area contributed by atoms with Crippen LogP contribution in [0.1, 0.15) is 50.1 Å². The highest BCUT2D eigenvalue weighted by atomic mass is 14.9. The second-order valence-corrected chi connectivity index (χ2v) is 5.88. The third kappa shape index (κ3) is 3.16. The first-order valence-electron chi connectivity index (χ1n) is 8.10. The van der Waals surface area contributed by atoms with Crippen molar-refractivity contribution in [2.75, 3.05) is 7.05 Å². The van der Waals surface area contributed by atoms with Gasteiger partial charge in [-0.2, -0.15) is 0 Å². The fraction of sp³-hybridized carbons (Fsp3) is 0.421. The van der Waals surface area contributed by atoms with Gasteiger partial charge in [0.25, 0.3) is 0 Å². The third-order valence-corrected chi connectivity index (χ3v) is 4.46. The SMILES string of the molecule is CNC(/C1=C/CCCCCC1)c1cccc2cccnc12. The summed E-state index contributed by atoms with van der Waals surface area (Å²) < 4.78 is 0. The van der Waals surface area contributed by atoms with Crippen molar-refractivity contribution in [3.8, 4) is 0 Å². The van der Waals surface area contributed by atoms with Crippen LogP contribution in [-0.4, -0.2) is 12.0 Å². The van der Waals surface area contributed by atoms with Gasteiger partial charge in [0.05, 0.1) is 11.6 Å². The highest BCUT2D eigenvalue weighted by Gasteiger charge is 2.18. The number of nitrogens with zero attached hydrogens (tertiary/aromatic N) is 1. The van der Waals surface area contributed by atoms with Crippen molar-refractivity contribution in [2.45, 2.75) is 44.6 Å². The number of pyridine rings is 1. The Labute approximate surface area is 127 Å². The van der Waals surface area contributed by atoms with Crippen LogP contribution < -0.4 is 5.32 Å². The lowest BCUT2D eigenvalue weighted by atomic mass is 9.90. The first kappa shape index (κ1) is 14.3. The summed E-state index contributed by atoms with van der Waals surface area (Å²) in [5, 5.41) is 4.74. The van der Waals surface area contributed by atoms with Crippen LogP contribution in [0.2, 0.25) is 0 Å². The summed E-state index contributed by atoms with van der Waals surface area (Å²) in [4.78, 5) is 4.62. The minimum Gasteiger partial charge on any atom is -0.310 e. The van der Waals surface area contributed by atoms with E-state index in [0.717, 1.165) is 5.52 Å². The van der Waals surface area contributed by atoms with Gasteiger partial charge in [-0.1, -0.05) is 48.8 Å². The van der Waals surface area contributed by atoms with E-state index in [1.807, 2.05) is 12.3 Å². The monoisotopic (exact) mass is 280 g/mol. The lowest BCUT2D eigenvalue weighted by molar-refractivity contribution is 0.575. The van der Waals surface area contributed by atoms with Crippen molar-refractivity contribution in [1.82, 2.24) is 10.3 Å². The van der Waals surface area contributed by atoms with E-state index in [1.54, 1.807) is 0 Å². The largest absolute Gasteiger partial charge is 0.310 e. The fourth-order valence-electron chi connectivity index (χ4n) is 3.38. The predicted molar refractivity (Wildman–Crippen MR) is 89.3 cm³/mol. The summed E-state index contributed by atoms with van der Waals surface area (Å²) in [5.74, 6) is 0. The Morgan fingerprint density at radius 2 is 1.90 bits per heavy atom. The average molecular weight is 280 g/mol. The van der Waals surface area contributed by atoms with Gasteiger partial charge >= 0.3 is 0 Å². The van der Waals surface area contributed by atoms with E-state index in [9.17, 15) is 0 Å². The van der Waals surface area contributed by atoms with E-state index < -0.39 is 0 Å². The molecule has 1 unspecified atom stereocenters. The molecule has 0 spiro atoms. The lowest BCUT2D eigenvalue weighted by Crippen LogP contribution is -2.20. The number of hydrogen-bond donors (Lipinski definition) is 1. The topological polar surface area (TPSA) is 24.9 Å². The molecule has 1 aromatic carbocycles. The molecule has 1 atom stereocenters. The average Bonchev–Trinajstić information content (AvgIpc) is 2.50. The molecule has 2 aromatic rings. The second kappa shape index (κ2) is 6.86. The molecule has 1 aromatic heterocycles. The molecule has 1 N–H and O–H groups in total. The number of fused-ring (bicyclic) bond motifs is 1. The van der Waals surface area contributed by atoms with Crippen LogP contribution in [0, 0.1) is 0 Å². The Morgan fingerprint density at radius 1 is 1.05 bits per heavy atom. The number of allylic oxidation sites excluding steroid dienone is 1. The Morgan fingerprint density at radius 3 is 2.81 bits per heavy atom. The minimum absolute atomic E-state index is 0.293. The maximum Gasteiger partial charge on any atom is 0.0753 e. The highest BCUT2D eigenvalue weighted by Crippen LogP contribution is 2.31. The molecule has 1 aliphatic rings. The van der Waals surface area contributed by atoms with Crippen LogP contribution in [0.5, 0.6) is 0 Å². The van der Waals surface area contributed by atoms with Crippen molar-refractivity contribution in [1.29, 1.82) is 0 Å². The van der Waals surface area contributed by atoms with Crippen molar-refractivity contribution >= 4 is 10.9 Å². The Balaban J connectivity index is 2.01. The number of hydrogen-bond acceptors (Lipinski definition) is 2. The van der Waals surface area contributed by atoms with E-state index in [-0.39, 0.29) is 0 Å². The van der Waals surface area contributed by atoms with E-state index in [4.69, 9.17) is 0 Å². The van der Waals surface area contributed by atoms with Crippen molar-refractivity contribution in [3.63, 3.8) is 0 Å². The molecule has 0 fully saturated rings. The molecule has 3 rings (SSSR count). The van der Waals surface area contributed by atoms with Gasteiger partial charge < -0.3 is 5.32 Å². The quantitative estimate of drug-likeness (QED) is 0.819. The zero-order chi connectivity index (χ0) is 14.5. The first-order valence-corrected chi connectivity index (χ1v) is 8.10. The molecule has 0 bridgehead atoms. The lowest BCUT2D eigenvalue weighted by Gasteiger charge is -2.23. The number of aromatic nitrogens is 1. The molecule has 0 radical (unpaired) electrons. The van der Waals surface area contributed by atoms with Crippen molar-refractivity contribution in [2.24, 2.45) is 0 Å². The summed E-state index contributed by atoms with van der Waals surface area (Å²) >= 11 is 0. The van der Waals surface area contributed by atoms with Crippen molar-refractivity contribution < 1.29 is 0 Å². The molecular formula is C19H24N2. The normalized spacial score (nSPS) is 20.3. The zero-order valence-corrected chi connectivity index (χ0v) is 12.8. The molecule has 0 saturated carbocycles. The maximum absolute atomic E-state index is 4.62. The maximum atomic E-state index is 4.62. The molecule has 1 heterocycles. The van der Waals surface area contributed by atoms with Gasteiger partial charge in [-0.05, 0) is 44.4 Å². The third-order valence-electron chi connectivity index (χ3n) is 4.46. The van der Waals surface area contributed by atoms with Crippen LogP contribution >= 0.6 is 0 Å². The number of nitrogens with one attached hydrogen (secondary N) is 1. The van der Waals surface area contributed by atoms with Crippen LogP contribution in [0.15, 0.2) is 48.2 Å². The van der Waals surface area contributed by atoms with Crippen LogP contribution in [-0.2, 0) is 0 Å². The summed E-state index contributed by atoms with van der Waals surface area (Å²) in [6.07, 6.45) is 12.1. The zero-order valence-electron chi connectivity index (χ0n) is 12.8. The summed E-state index contributed by atoms with van der Waals surface area (Å²) in [5.41, 5.74) is 3.97. The first-order chi connectivity index (χ1) is 10.4. The number of para-hydroxylation sites is 1. The molecule has 2 heteroatoms. The molecule has 0 saturated heterocycles. The van der Waals surface area contributed by atoms with Crippen molar-refractivity contribution in [3.05, 3.63) is 53.7 Å². The summed E-state index contributed by atoms with van der Waals surface area (Å²) in [7, 11) is 2.06. The number of benzene rings is 1. The molecule has 110 valence electrons. The van der Waals surface area contributed by atoms with Gasteiger partial charge in [0, 0.05) is 11.6 Å². The predicted octanol–water partition coefficient (Wildman–Crippen LogP) is 4.78. The smallest absolute Gasteiger partial charge is 0.0753 e. The van der Waals surface area contributed by atoms with Gasteiger partial charge in [0.1, 0.15) is 0 Å². The molecular weight excluding hydrogens is 256 g/mol. The molecule has 0 amide bonds. The fourth-order valence-corrected chi connectivity index (χ4v) is 3.38. The van der Waals surface area contributed by atoms with Gasteiger partial charge in [0.2, 0.25) is 0 Å². The Kier molecular flexibility index (Phi) is 4.66. The molecule has 21 heavy (non-hydrogen) atoms. The molecule has 1 aliphatic carbocycles. The molecule has 2 nitrogen and oxygen atoms in total. The van der Waals surface area contributed by atoms with Gasteiger partial charge in [0.15, 0.2) is 0 Å². The van der Waals surface area contributed by atoms with Gasteiger partial charge in [-0.15, -0.1) is 0 Å². The van der Waals surface area contributed by atoms with Crippen LogP contribution in [0.3, 0.4) is 0 Å². The van der Waals surface area contributed by atoms with E-state index in [2.05, 4.69) is 47.7 Å². The summed E-state index contributed by atoms with van der Waals surface area (Å²) in [6, 6.07) is 11.0. The number of likely N-dealkylation sites (N-methyl/N-ethyl adjacent to an activating group) is 1. The standard InChI is InChI=1S/C19H24N2/c1-20-18(15-9-5-3-2-4-6-10-15)17-13-7-11-16-12-8-14-21-19(16)17/h7-9,11-14,18,20H,2-6,10H2,1H3/b15-9+. The molecule has 0 aliphatic heterocycles. The highest BCUT2D eigenvalue weighted by molar-refractivity contribution is 5.82. The number of rotatable bonds is 3. The Hall–Kier alpha value is -1.67. The van der Waals surface area contributed by atoms with E-state index in [0.29, 0.717) is 6.04 Å². The second-order valence-electron chi connectivity index (χ2n) is 5.88. The van der Waals surface area contributed by atoms with Gasteiger partial charge in [-0.3, -0.25) is 4.98 Å². The van der Waals surface area contributed by atoms with Crippen LogP contribution in [0.25, 0.3) is 10.9 Å². The van der Waals surface area contributed by atoms with E-state index in [1.165, 1.54) is 55.0 Å². The van der Waals surface area contributed by atoms with Crippen LogP contribution in [0.4, 0.5) is 0 Å². The Bertz CT molecular complexity index is 625. The van der Waals surface area contributed by atoms with E-state index >= 15 is 0 Å². The van der Waals surface area contributed by atoms with Gasteiger partial charge in [-0.25, -0.2) is 0 Å². The summed E-state index contributed by atoms with van der Waals surface area (Å²) in [6.45, 7) is 0.